The Balaban J connectivity index is 1.11. The summed E-state index contributed by atoms with van der Waals surface area (Å²) in [7, 11) is 0. The maximum Gasteiger partial charge on any atom is 0.326 e. The number of ether oxygens (including phenoxy) is 1. The standard InChI is InChI=1S/C32H33FN4O4/c33-26-9-11-29(12-10-26)41-21-24-7-4-8-28(17-24)37-15-13-25(14-16-37)31(38)35-30(32(39)40)18-27-20-36(22-34-27)19-23-5-2-1-3-6-23/h1-12,17,20,22,25,30H,13-16,18-19,21H2,(H,35,38)(H,39,40). The zero-order valence-electron chi connectivity index (χ0n) is 22.7. The molecule has 0 spiro atoms. The molecule has 3 aromatic carbocycles. The van der Waals surface area contributed by atoms with Crippen LogP contribution in [0.2, 0.25) is 0 Å². The summed E-state index contributed by atoms with van der Waals surface area (Å²) in [5, 5.41) is 12.5. The maximum atomic E-state index is 13.1. The van der Waals surface area contributed by atoms with E-state index in [0.29, 0.717) is 50.5 Å². The molecule has 1 fully saturated rings. The quantitative estimate of drug-likeness (QED) is 0.279. The van der Waals surface area contributed by atoms with Gasteiger partial charge in [-0.2, -0.15) is 0 Å². The Hall–Kier alpha value is -4.66. The van der Waals surface area contributed by atoms with Gasteiger partial charge in [-0.05, 0) is 60.4 Å². The van der Waals surface area contributed by atoms with Crippen LogP contribution in [0.15, 0.2) is 91.4 Å². The van der Waals surface area contributed by atoms with E-state index in [1.165, 1.54) is 12.1 Å². The Labute approximate surface area is 238 Å². The summed E-state index contributed by atoms with van der Waals surface area (Å²) in [4.78, 5) is 31.6. The number of piperidine rings is 1. The highest BCUT2D eigenvalue weighted by Gasteiger charge is 2.29. The lowest BCUT2D eigenvalue weighted by Gasteiger charge is -2.33. The first-order valence-corrected chi connectivity index (χ1v) is 13.7. The molecule has 5 rings (SSSR count). The molecule has 1 saturated heterocycles. The Morgan fingerprint density at radius 1 is 1.00 bits per heavy atom. The molecule has 9 heteroatoms. The molecule has 41 heavy (non-hydrogen) atoms. The van der Waals surface area contributed by atoms with Crippen molar-refractivity contribution in [1.82, 2.24) is 14.9 Å². The number of nitrogens with one attached hydrogen (secondary N) is 1. The van der Waals surface area contributed by atoms with Crippen molar-refractivity contribution in [2.45, 2.75) is 38.5 Å². The van der Waals surface area contributed by atoms with Crippen LogP contribution in [0.3, 0.4) is 0 Å². The van der Waals surface area contributed by atoms with Crippen molar-refractivity contribution in [3.8, 4) is 5.75 Å². The number of rotatable bonds is 11. The van der Waals surface area contributed by atoms with Crippen molar-refractivity contribution in [2.24, 2.45) is 5.92 Å². The molecule has 212 valence electrons. The third-order valence-corrected chi connectivity index (χ3v) is 7.28. The van der Waals surface area contributed by atoms with E-state index >= 15 is 0 Å². The zero-order chi connectivity index (χ0) is 28.6. The molecule has 2 heterocycles. The van der Waals surface area contributed by atoms with Gasteiger partial charge in [-0.1, -0.05) is 42.5 Å². The second kappa shape index (κ2) is 13.1. The molecule has 1 amide bonds. The monoisotopic (exact) mass is 556 g/mol. The van der Waals surface area contributed by atoms with Crippen LogP contribution in [-0.2, 0) is 29.2 Å². The number of carbonyl (C=O) groups excluding carboxylic acids is 1. The molecule has 0 radical (unpaired) electrons. The third-order valence-electron chi connectivity index (χ3n) is 7.28. The summed E-state index contributed by atoms with van der Waals surface area (Å²) in [5.41, 5.74) is 3.77. The van der Waals surface area contributed by atoms with E-state index in [1.807, 2.05) is 59.3 Å². The second-order valence-corrected chi connectivity index (χ2v) is 10.3. The Morgan fingerprint density at radius 2 is 1.73 bits per heavy atom. The summed E-state index contributed by atoms with van der Waals surface area (Å²) in [6.45, 7) is 2.37. The molecule has 1 aliphatic rings. The van der Waals surface area contributed by atoms with Gasteiger partial charge in [-0.3, -0.25) is 4.79 Å². The van der Waals surface area contributed by atoms with Gasteiger partial charge >= 0.3 is 5.97 Å². The fourth-order valence-electron chi connectivity index (χ4n) is 5.03. The first-order valence-electron chi connectivity index (χ1n) is 13.7. The Morgan fingerprint density at radius 3 is 2.46 bits per heavy atom. The first-order chi connectivity index (χ1) is 19.9. The second-order valence-electron chi connectivity index (χ2n) is 10.3. The summed E-state index contributed by atoms with van der Waals surface area (Å²) in [6.07, 6.45) is 4.88. The van der Waals surface area contributed by atoms with Crippen molar-refractivity contribution in [3.05, 3.63) is 114 Å². The van der Waals surface area contributed by atoms with Crippen LogP contribution in [0, 0.1) is 11.7 Å². The molecule has 4 aromatic rings. The number of hydrogen-bond donors (Lipinski definition) is 2. The smallest absolute Gasteiger partial charge is 0.326 e. The average molecular weight is 557 g/mol. The van der Waals surface area contributed by atoms with Crippen LogP contribution in [0.1, 0.15) is 29.7 Å². The van der Waals surface area contributed by atoms with Crippen molar-refractivity contribution < 1.29 is 23.8 Å². The molecular formula is C32H33FN4O4. The lowest BCUT2D eigenvalue weighted by atomic mass is 9.94. The zero-order valence-corrected chi connectivity index (χ0v) is 22.7. The minimum atomic E-state index is -1.08. The SMILES string of the molecule is O=C(NC(Cc1cn(Cc2ccccc2)cn1)C(=O)O)C1CCN(c2cccc(COc3ccc(F)cc3)c2)CC1. The van der Waals surface area contributed by atoms with Crippen LogP contribution in [0.4, 0.5) is 10.1 Å². The summed E-state index contributed by atoms with van der Waals surface area (Å²) < 4.78 is 20.8. The van der Waals surface area contributed by atoms with E-state index in [4.69, 9.17) is 4.74 Å². The number of anilines is 1. The molecule has 0 bridgehead atoms. The van der Waals surface area contributed by atoms with Crippen LogP contribution < -0.4 is 15.0 Å². The van der Waals surface area contributed by atoms with Crippen molar-refractivity contribution in [1.29, 1.82) is 0 Å². The topological polar surface area (TPSA) is 96.7 Å². The van der Waals surface area contributed by atoms with Gasteiger partial charge in [0.1, 0.15) is 24.2 Å². The van der Waals surface area contributed by atoms with Crippen molar-refractivity contribution >= 4 is 17.6 Å². The number of amides is 1. The van der Waals surface area contributed by atoms with Gasteiger partial charge in [0.15, 0.2) is 0 Å². The number of hydrogen-bond acceptors (Lipinski definition) is 5. The van der Waals surface area contributed by atoms with Gasteiger partial charge < -0.3 is 24.6 Å². The number of carbonyl (C=O) groups is 2. The largest absolute Gasteiger partial charge is 0.489 e. The van der Waals surface area contributed by atoms with Gasteiger partial charge in [0.05, 0.1) is 12.0 Å². The molecule has 8 nitrogen and oxygen atoms in total. The van der Waals surface area contributed by atoms with Crippen molar-refractivity contribution in [3.63, 3.8) is 0 Å². The van der Waals surface area contributed by atoms with E-state index in [2.05, 4.69) is 21.3 Å². The van der Waals surface area contributed by atoms with Crippen LogP contribution in [0.5, 0.6) is 5.75 Å². The van der Waals surface area contributed by atoms with Gasteiger partial charge in [0.25, 0.3) is 0 Å². The minimum absolute atomic E-state index is 0.120. The number of nitrogens with zero attached hydrogens (tertiary/aromatic N) is 3. The highest BCUT2D eigenvalue weighted by atomic mass is 19.1. The molecule has 2 N–H and O–H groups in total. The first kappa shape index (κ1) is 27.9. The number of carboxylic acids is 1. The highest BCUT2D eigenvalue weighted by Crippen LogP contribution is 2.25. The van der Waals surface area contributed by atoms with Crippen LogP contribution in [-0.4, -0.2) is 45.7 Å². The summed E-state index contributed by atoms with van der Waals surface area (Å²) >= 11 is 0. The molecule has 1 aromatic heterocycles. The number of aromatic nitrogens is 2. The van der Waals surface area contributed by atoms with E-state index in [9.17, 15) is 19.1 Å². The lowest BCUT2D eigenvalue weighted by Crippen LogP contribution is -2.47. The lowest BCUT2D eigenvalue weighted by molar-refractivity contribution is -0.142. The van der Waals surface area contributed by atoms with Crippen LogP contribution >= 0.6 is 0 Å². The van der Waals surface area contributed by atoms with Gasteiger partial charge in [0, 0.05) is 43.9 Å². The van der Waals surface area contributed by atoms with Gasteiger partial charge in [0.2, 0.25) is 5.91 Å². The van der Waals surface area contributed by atoms with E-state index in [0.717, 1.165) is 16.8 Å². The third kappa shape index (κ3) is 7.72. The van der Waals surface area contributed by atoms with E-state index in [-0.39, 0.29) is 24.1 Å². The van der Waals surface area contributed by atoms with Crippen molar-refractivity contribution in [2.75, 3.05) is 18.0 Å². The summed E-state index contributed by atoms with van der Waals surface area (Å²) in [5.74, 6) is -1.27. The molecule has 1 aliphatic heterocycles. The Bertz CT molecular complexity index is 1450. The Kier molecular flexibility index (Phi) is 8.93. The van der Waals surface area contributed by atoms with E-state index in [1.54, 1.807) is 18.5 Å². The molecular weight excluding hydrogens is 523 g/mol. The average Bonchev–Trinajstić information content (AvgIpc) is 3.43. The highest BCUT2D eigenvalue weighted by molar-refractivity contribution is 5.85. The summed E-state index contributed by atoms with van der Waals surface area (Å²) in [6, 6.07) is 22.9. The number of aliphatic carboxylic acids is 1. The fourth-order valence-corrected chi connectivity index (χ4v) is 5.03. The van der Waals surface area contributed by atoms with Gasteiger partial charge in [-0.15, -0.1) is 0 Å². The maximum absolute atomic E-state index is 13.1. The van der Waals surface area contributed by atoms with E-state index < -0.39 is 12.0 Å². The predicted molar refractivity (Wildman–Crippen MR) is 153 cm³/mol. The number of imidazole rings is 1. The van der Waals surface area contributed by atoms with Gasteiger partial charge in [-0.25, -0.2) is 14.2 Å². The predicted octanol–water partition coefficient (Wildman–Crippen LogP) is 4.68. The normalized spacial score (nSPS) is 14.4. The number of carboxylic acid groups (broad SMARTS) is 1. The number of halogens is 1. The number of benzene rings is 3. The fraction of sp³-hybridized carbons (Fsp3) is 0.281. The molecule has 0 saturated carbocycles. The van der Waals surface area contributed by atoms with Crippen LogP contribution in [0.25, 0.3) is 0 Å². The molecule has 1 unspecified atom stereocenters. The molecule has 1 atom stereocenters. The molecule has 0 aliphatic carbocycles. The minimum Gasteiger partial charge on any atom is -0.489 e.